The molecule has 19 heavy (non-hydrogen) atoms. The number of carbonyl (C=O) groups is 1. The minimum atomic E-state index is 0.0253. The van der Waals surface area contributed by atoms with Crippen molar-refractivity contribution in [1.82, 2.24) is 15.1 Å². The van der Waals surface area contributed by atoms with Crippen LogP contribution in [-0.4, -0.2) is 34.1 Å². The third kappa shape index (κ3) is 2.48. The van der Waals surface area contributed by atoms with Crippen molar-refractivity contribution >= 4 is 16.8 Å². The SMILES string of the molecule is CC(N(C)C(=O)c1cccc2cn[nH]c12)C(C)(C)C. The van der Waals surface area contributed by atoms with Crippen LogP contribution in [-0.2, 0) is 0 Å². The molecule has 0 saturated heterocycles. The van der Waals surface area contributed by atoms with Gasteiger partial charge >= 0.3 is 0 Å². The summed E-state index contributed by atoms with van der Waals surface area (Å²) in [4.78, 5) is 14.4. The fourth-order valence-electron chi connectivity index (χ4n) is 2.09. The first-order valence-electron chi connectivity index (χ1n) is 6.51. The maximum absolute atomic E-state index is 12.6. The standard InChI is InChI=1S/C15H21N3O/c1-10(15(2,3)4)18(5)14(19)12-8-6-7-11-9-16-17-13(11)12/h6-10H,1-5H3,(H,16,17). The number of H-pyrrole nitrogens is 1. The smallest absolute Gasteiger partial charge is 0.256 e. The summed E-state index contributed by atoms with van der Waals surface area (Å²) in [5, 5.41) is 7.87. The van der Waals surface area contributed by atoms with Gasteiger partial charge in [0.15, 0.2) is 0 Å². The predicted molar refractivity (Wildman–Crippen MR) is 77.1 cm³/mol. The van der Waals surface area contributed by atoms with Crippen molar-refractivity contribution in [1.29, 1.82) is 0 Å². The number of carbonyl (C=O) groups excluding carboxylic acids is 1. The van der Waals surface area contributed by atoms with Crippen molar-refractivity contribution in [2.45, 2.75) is 33.7 Å². The molecular weight excluding hydrogens is 238 g/mol. The molecule has 4 heteroatoms. The van der Waals surface area contributed by atoms with Crippen LogP contribution in [0.25, 0.3) is 10.9 Å². The lowest BCUT2D eigenvalue weighted by Crippen LogP contribution is -2.43. The Morgan fingerprint density at radius 1 is 1.37 bits per heavy atom. The van der Waals surface area contributed by atoms with E-state index >= 15 is 0 Å². The second-order valence-electron chi connectivity index (χ2n) is 6.10. The molecule has 0 fully saturated rings. The first-order valence-corrected chi connectivity index (χ1v) is 6.51. The summed E-state index contributed by atoms with van der Waals surface area (Å²) in [5.74, 6) is 0.0253. The normalized spacial score (nSPS) is 13.5. The topological polar surface area (TPSA) is 49.0 Å². The summed E-state index contributed by atoms with van der Waals surface area (Å²) in [6, 6.07) is 5.83. The van der Waals surface area contributed by atoms with Crippen LogP contribution in [0.4, 0.5) is 0 Å². The zero-order valence-corrected chi connectivity index (χ0v) is 12.2. The lowest BCUT2D eigenvalue weighted by atomic mass is 9.87. The molecule has 1 unspecified atom stereocenters. The average molecular weight is 259 g/mol. The van der Waals surface area contributed by atoms with Crippen molar-refractivity contribution in [3.63, 3.8) is 0 Å². The highest BCUT2D eigenvalue weighted by molar-refractivity contribution is 6.05. The van der Waals surface area contributed by atoms with Gasteiger partial charge in [-0.05, 0) is 18.4 Å². The minimum Gasteiger partial charge on any atom is -0.338 e. The molecule has 1 aromatic heterocycles. The Morgan fingerprint density at radius 2 is 2.05 bits per heavy atom. The van der Waals surface area contributed by atoms with Gasteiger partial charge in [-0.3, -0.25) is 9.89 Å². The molecule has 0 aliphatic rings. The number of nitrogens with zero attached hydrogens (tertiary/aromatic N) is 2. The van der Waals surface area contributed by atoms with Crippen molar-refractivity contribution in [3.8, 4) is 0 Å². The van der Waals surface area contributed by atoms with Crippen LogP contribution in [0.3, 0.4) is 0 Å². The maximum Gasteiger partial charge on any atom is 0.256 e. The van der Waals surface area contributed by atoms with E-state index in [4.69, 9.17) is 0 Å². The lowest BCUT2D eigenvalue weighted by Gasteiger charge is -2.35. The van der Waals surface area contributed by atoms with E-state index in [2.05, 4.69) is 37.9 Å². The van der Waals surface area contributed by atoms with E-state index in [0.717, 1.165) is 10.9 Å². The zero-order valence-electron chi connectivity index (χ0n) is 12.2. The third-order valence-electron chi connectivity index (χ3n) is 3.86. The van der Waals surface area contributed by atoms with Gasteiger partial charge < -0.3 is 4.90 Å². The number of rotatable bonds is 2. The van der Waals surface area contributed by atoms with Crippen LogP contribution >= 0.6 is 0 Å². The number of para-hydroxylation sites is 1. The average Bonchev–Trinajstić information content (AvgIpc) is 2.82. The van der Waals surface area contributed by atoms with Crippen LogP contribution in [0.5, 0.6) is 0 Å². The number of hydrogen-bond donors (Lipinski definition) is 1. The first kappa shape index (κ1) is 13.6. The van der Waals surface area contributed by atoms with Crippen LogP contribution in [0, 0.1) is 5.41 Å². The number of aromatic amines is 1. The molecule has 2 rings (SSSR count). The van der Waals surface area contributed by atoms with Gasteiger partial charge in [0.2, 0.25) is 0 Å². The van der Waals surface area contributed by atoms with Crippen molar-refractivity contribution < 1.29 is 4.79 Å². The van der Waals surface area contributed by atoms with E-state index in [1.165, 1.54) is 0 Å². The molecular formula is C15H21N3O. The lowest BCUT2D eigenvalue weighted by molar-refractivity contribution is 0.0631. The second-order valence-corrected chi connectivity index (χ2v) is 6.10. The molecule has 0 bridgehead atoms. The fraction of sp³-hybridized carbons (Fsp3) is 0.467. The quantitative estimate of drug-likeness (QED) is 0.901. The number of nitrogens with one attached hydrogen (secondary N) is 1. The summed E-state index contributed by atoms with van der Waals surface area (Å²) < 4.78 is 0. The predicted octanol–water partition coefficient (Wildman–Crippen LogP) is 3.07. The van der Waals surface area contributed by atoms with Gasteiger partial charge in [-0.15, -0.1) is 0 Å². The van der Waals surface area contributed by atoms with Gasteiger partial charge in [-0.1, -0.05) is 32.9 Å². The number of amides is 1. The Bertz CT molecular complexity index is 595. The van der Waals surface area contributed by atoms with Crippen LogP contribution < -0.4 is 0 Å². The van der Waals surface area contributed by atoms with Crippen LogP contribution in [0.1, 0.15) is 38.1 Å². The highest BCUT2D eigenvalue weighted by Crippen LogP contribution is 2.25. The molecule has 0 saturated carbocycles. The molecule has 1 heterocycles. The van der Waals surface area contributed by atoms with Crippen LogP contribution in [0.2, 0.25) is 0 Å². The summed E-state index contributed by atoms with van der Waals surface area (Å²) >= 11 is 0. The molecule has 1 N–H and O–H groups in total. The van der Waals surface area contributed by atoms with Gasteiger partial charge in [-0.25, -0.2) is 0 Å². The number of benzene rings is 1. The second kappa shape index (κ2) is 4.68. The van der Waals surface area contributed by atoms with E-state index in [1.807, 2.05) is 25.2 Å². The first-order chi connectivity index (χ1) is 8.82. The number of fused-ring (bicyclic) bond motifs is 1. The summed E-state index contributed by atoms with van der Waals surface area (Å²) in [5.41, 5.74) is 1.53. The van der Waals surface area contributed by atoms with Gasteiger partial charge in [0.25, 0.3) is 5.91 Å². The minimum absolute atomic E-state index is 0.0253. The molecule has 4 nitrogen and oxygen atoms in total. The van der Waals surface area contributed by atoms with Gasteiger partial charge in [0, 0.05) is 18.5 Å². The third-order valence-corrected chi connectivity index (χ3v) is 3.86. The number of aromatic nitrogens is 2. The summed E-state index contributed by atoms with van der Waals surface area (Å²) in [6.45, 7) is 8.49. The van der Waals surface area contributed by atoms with Crippen LogP contribution in [0.15, 0.2) is 24.4 Å². The Kier molecular flexibility index (Phi) is 3.35. The molecule has 0 aliphatic carbocycles. The van der Waals surface area contributed by atoms with E-state index < -0.39 is 0 Å². The molecule has 102 valence electrons. The van der Waals surface area contributed by atoms with Crippen molar-refractivity contribution in [3.05, 3.63) is 30.0 Å². The molecule has 1 aromatic carbocycles. The molecule has 2 aromatic rings. The van der Waals surface area contributed by atoms with E-state index in [0.29, 0.717) is 5.56 Å². The Morgan fingerprint density at radius 3 is 2.68 bits per heavy atom. The highest BCUT2D eigenvalue weighted by Gasteiger charge is 2.28. The largest absolute Gasteiger partial charge is 0.338 e. The van der Waals surface area contributed by atoms with Gasteiger partial charge in [0.1, 0.15) is 0 Å². The number of hydrogen-bond acceptors (Lipinski definition) is 2. The maximum atomic E-state index is 12.6. The zero-order chi connectivity index (χ0) is 14.2. The molecule has 1 amide bonds. The molecule has 0 aliphatic heterocycles. The summed E-state index contributed by atoms with van der Waals surface area (Å²) in [7, 11) is 1.85. The van der Waals surface area contributed by atoms with E-state index in [1.54, 1.807) is 11.1 Å². The molecule has 1 atom stereocenters. The highest BCUT2D eigenvalue weighted by atomic mass is 16.2. The Balaban J connectivity index is 2.37. The molecule has 0 radical (unpaired) electrons. The molecule has 0 spiro atoms. The Hall–Kier alpha value is -1.84. The van der Waals surface area contributed by atoms with Crippen molar-refractivity contribution in [2.24, 2.45) is 5.41 Å². The van der Waals surface area contributed by atoms with Gasteiger partial charge in [0.05, 0.1) is 17.3 Å². The summed E-state index contributed by atoms with van der Waals surface area (Å²) in [6.07, 6.45) is 1.74. The van der Waals surface area contributed by atoms with Crippen molar-refractivity contribution in [2.75, 3.05) is 7.05 Å². The Labute approximate surface area is 113 Å². The van der Waals surface area contributed by atoms with Gasteiger partial charge in [-0.2, -0.15) is 5.10 Å². The fourth-order valence-corrected chi connectivity index (χ4v) is 2.09. The monoisotopic (exact) mass is 259 g/mol. The van der Waals surface area contributed by atoms with E-state index in [9.17, 15) is 4.79 Å². The van der Waals surface area contributed by atoms with E-state index in [-0.39, 0.29) is 17.4 Å².